The van der Waals surface area contributed by atoms with Crippen LogP contribution in [0.3, 0.4) is 0 Å². The van der Waals surface area contributed by atoms with E-state index in [9.17, 15) is 17.9 Å². The molecule has 0 atom stereocenters. The number of phenols is 1. The summed E-state index contributed by atoms with van der Waals surface area (Å²) in [7, 11) is -3.47. The number of sulfone groups is 1. The van der Waals surface area contributed by atoms with E-state index >= 15 is 0 Å². The van der Waals surface area contributed by atoms with Crippen molar-refractivity contribution in [1.29, 1.82) is 0 Å². The molecule has 0 aliphatic rings. The lowest BCUT2D eigenvalue weighted by Gasteiger charge is -2.08. The molecule has 0 saturated heterocycles. The number of phenolic OH excluding ortho intramolecular Hbond substituents is 1. The molecule has 0 spiro atoms. The summed E-state index contributed by atoms with van der Waals surface area (Å²) in [6.07, 6.45) is 2.07. The number of benzene rings is 1. The molecule has 20 heavy (non-hydrogen) atoms. The molecule has 0 saturated carbocycles. The van der Waals surface area contributed by atoms with Crippen molar-refractivity contribution in [3.63, 3.8) is 0 Å². The van der Waals surface area contributed by atoms with Crippen LogP contribution in [0.2, 0.25) is 5.02 Å². The molecule has 0 aliphatic heterocycles. The van der Waals surface area contributed by atoms with Crippen molar-refractivity contribution in [2.24, 2.45) is 0 Å². The zero-order valence-electron chi connectivity index (χ0n) is 10.3. The number of aromatic hydroxyl groups is 1. The molecule has 0 unspecified atom stereocenters. The predicted molar refractivity (Wildman–Crippen MR) is 73.8 cm³/mol. The maximum absolute atomic E-state index is 13.9. The summed E-state index contributed by atoms with van der Waals surface area (Å²) in [5.74, 6) is -1.56. The Balaban J connectivity index is 2.66. The van der Waals surface area contributed by atoms with Gasteiger partial charge < -0.3 is 10.8 Å². The van der Waals surface area contributed by atoms with Gasteiger partial charge in [0.25, 0.3) is 0 Å². The molecule has 1 heterocycles. The molecule has 2 aromatic rings. The van der Waals surface area contributed by atoms with Gasteiger partial charge in [-0.15, -0.1) is 0 Å². The molecule has 0 radical (unpaired) electrons. The monoisotopic (exact) mass is 316 g/mol. The highest BCUT2D eigenvalue weighted by Gasteiger charge is 2.17. The number of hydrogen-bond acceptors (Lipinski definition) is 5. The smallest absolute Gasteiger partial charge is 0.177 e. The van der Waals surface area contributed by atoms with Gasteiger partial charge in [0.1, 0.15) is 0 Å². The molecule has 8 heteroatoms. The van der Waals surface area contributed by atoms with E-state index < -0.39 is 21.4 Å². The Labute approximate surface area is 119 Å². The average molecular weight is 317 g/mol. The van der Waals surface area contributed by atoms with E-state index in [0.29, 0.717) is 0 Å². The van der Waals surface area contributed by atoms with Crippen LogP contribution in [0.4, 0.5) is 10.1 Å². The summed E-state index contributed by atoms with van der Waals surface area (Å²) in [6, 6.07) is 3.47. The summed E-state index contributed by atoms with van der Waals surface area (Å²) in [6.45, 7) is 0. The third kappa shape index (κ3) is 2.68. The number of pyridine rings is 1. The van der Waals surface area contributed by atoms with Gasteiger partial charge in [-0.25, -0.2) is 12.8 Å². The third-order valence-corrected chi connectivity index (χ3v) is 3.94. The van der Waals surface area contributed by atoms with Gasteiger partial charge in [0.15, 0.2) is 21.4 Å². The van der Waals surface area contributed by atoms with Gasteiger partial charge in [-0.3, -0.25) is 4.98 Å². The van der Waals surface area contributed by atoms with Gasteiger partial charge in [0.05, 0.1) is 15.6 Å². The van der Waals surface area contributed by atoms with Crippen LogP contribution in [0.15, 0.2) is 29.3 Å². The van der Waals surface area contributed by atoms with Crippen molar-refractivity contribution in [3.05, 3.63) is 35.2 Å². The van der Waals surface area contributed by atoms with Crippen LogP contribution < -0.4 is 5.73 Å². The molecular weight excluding hydrogens is 307 g/mol. The molecule has 0 bridgehead atoms. The van der Waals surface area contributed by atoms with E-state index in [4.69, 9.17) is 17.3 Å². The first kappa shape index (κ1) is 14.5. The Kier molecular flexibility index (Phi) is 3.58. The minimum Gasteiger partial charge on any atom is -0.505 e. The first-order valence-electron chi connectivity index (χ1n) is 5.34. The van der Waals surface area contributed by atoms with Gasteiger partial charge in [0, 0.05) is 29.8 Å². The van der Waals surface area contributed by atoms with Gasteiger partial charge in [0.2, 0.25) is 0 Å². The van der Waals surface area contributed by atoms with E-state index in [2.05, 4.69) is 4.98 Å². The number of anilines is 1. The summed E-state index contributed by atoms with van der Waals surface area (Å²) < 4.78 is 36.6. The number of nitrogens with zero attached hydrogens (tertiary/aromatic N) is 1. The van der Waals surface area contributed by atoms with Crippen molar-refractivity contribution in [2.75, 3.05) is 12.0 Å². The molecule has 106 valence electrons. The molecule has 1 aromatic carbocycles. The Bertz CT molecular complexity index is 794. The highest BCUT2D eigenvalue weighted by Crippen LogP contribution is 2.34. The lowest BCUT2D eigenvalue weighted by atomic mass is 10.1. The fraction of sp³-hybridized carbons (Fsp3) is 0.0833. The van der Waals surface area contributed by atoms with Gasteiger partial charge in [-0.05, 0) is 12.1 Å². The van der Waals surface area contributed by atoms with Crippen LogP contribution in [0.1, 0.15) is 0 Å². The van der Waals surface area contributed by atoms with E-state index in [1.807, 2.05) is 0 Å². The Hall–Kier alpha value is -1.86. The fourth-order valence-electron chi connectivity index (χ4n) is 1.62. The number of hydrogen-bond donors (Lipinski definition) is 2. The Morgan fingerprint density at radius 3 is 2.55 bits per heavy atom. The molecular formula is C12H10ClFN2O3S. The molecule has 5 nitrogen and oxygen atoms in total. The first-order valence-corrected chi connectivity index (χ1v) is 7.61. The molecule has 1 aromatic heterocycles. The normalized spacial score (nSPS) is 11.6. The minimum atomic E-state index is -3.47. The van der Waals surface area contributed by atoms with Crippen molar-refractivity contribution in [3.8, 4) is 17.0 Å². The lowest BCUT2D eigenvalue weighted by Crippen LogP contribution is -2.00. The zero-order valence-corrected chi connectivity index (χ0v) is 11.8. The van der Waals surface area contributed by atoms with Gasteiger partial charge in [-0.2, -0.15) is 0 Å². The summed E-state index contributed by atoms with van der Waals surface area (Å²) >= 11 is 5.93. The first-order chi connectivity index (χ1) is 9.20. The quantitative estimate of drug-likeness (QED) is 0.829. The van der Waals surface area contributed by atoms with Crippen LogP contribution >= 0.6 is 11.6 Å². The van der Waals surface area contributed by atoms with Crippen LogP contribution in [0.5, 0.6) is 5.75 Å². The second-order valence-corrected chi connectivity index (χ2v) is 6.60. The second-order valence-electron chi connectivity index (χ2n) is 4.18. The highest BCUT2D eigenvalue weighted by atomic mass is 35.5. The van der Waals surface area contributed by atoms with Crippen molar-refractivity contribution >= 4 is 27.1 Å². The maximum atomic E-state index is 13.9. The maximum Gasteiger partial charge on any atom is 0.177 e. The molecule has 0 fully saturated rings. The number of nitrogen functional groups attached to an aromatic ring is 1. The molecule has 0 aliphatic carbocycles. The largest absolute Gasteiger partial charge is 0.505 e. The number of nitrogens with two attached hydrogens (primary N) is 1. The minimum absolute atomic E-state index is 0.000772. The standard InChI is InChI=1S/C12H10ClFN2O3S/c1-20(18,19)7-4-9(13)12(16-5-7)8-2-6(15)3-10(17)11(8)14/h2-5,17H,15H2,1H3. The summed E-state index contributed by atoms with van der Waals surface area (Å²) in [4.78, 5) is 3.76. The third-order valence-electron chi connectivity index (χ3n) is 2.58. The SMILES string of the molecule is CS(=O)(=O)c1cnc(-c2cc(N)cc(O)c2F)c(Cl)c1. The topological polar surface area (TPSA) is 93.3 Å². The fourth-order valence-corrected chi connectivity index (χ4v) is 2.53. The number of halogens is 2. The Morgan fingerprint density at radius 2 is 2.00 bits per heavy atom. The number of rotatable bonds is 2. The zero-order chi connectivity index (χ0) is 15.1. The Morgan fingerprint density at radius 1 is 1.35 bits per heavy atom. The predicted octanol–water partition coefficient (Wildman–Crippen LogP) is 2.23. The summed E-state index contributed by atoms with van der Waals surface area (Å²) in [5.41, 5.74) is 5.55. The lowest BCUT2D eigenvalue weighted by molar-refractivity contribution is 0.434. The van der Waals surface area contributed by atoms with Crippen LogP contribution in [-0.4, -0.2) is 24.8 Å². The van der Waals surface area contributed by atoms with Gasteiger partial charge >= 0.3 is 0 Å². The van der Waals surface area contributed by atoms with Crippen molar-refractivity contribution < 1.29 is 17.9 Å². The van der Waals surface area contributed by atoms with Crippen LogP contribution in [0, 0.1) is 5.82 Å². The van der Waals surface area contributed by atoms with E-state index in [-0.39, 0.29) is 26.9 Å². The molecule has 3 N–H and O–H groups in total. The van der Waals surface area contributed by atoms with E-state index in [1.165, 1.54) is 12.1 Å². The van der Waals surface area contributed by atoms with E-state index in [1.54, 1.807) is 0 Å². The second kappa shape index (κ2) is 4.92. The van der Waals surface area contributed by atoms with Crippen LogP contribution in [0.25, 0.3) is 11.3 Å². The molecule has 0 amide bonds. The van der Waals surface area contributed by atoms with E-state index in [0.717, 1.165) is 18.5 Å². The van der Waals surface area contributed by atoms with Crippen molar-refractivity contribution in [2.45, 2.75) is 4.90 Å². The summed E-state index contributed by atoms with van der Waals surface area (Å²) in [5, 5.41) is 9.34. The number of aromatic nitrogens is 1. The highest BCUT2D eigenvalue weighted by molar-refractivity contribution is 7.90. The molecule has 2 rings (SSSR count). The average Bonchev–Trinajstić information content (AvgIpc) is 2.33. The van der Waals surface area contributed by atoms with Crippen molar-refractivity contribution in [1.82, 2.24) is 4.98 Å². The van der Waals surface area contributed by atoms with Gasteiger partial charge in [-0.1, -0.05) is 11.6 Å². The van der Waals surface area contributed by atoms with Crippen LogP contribution in [-0.2, 0) is 9.84 Å².